The van der Waals surface area contributed by atoms with Gasteiger partial charge in [-0.3, -0.25) is 4.90 Å². The molecule has 0 radical (unpaired) electrons. The maximum atomic E-state index is 10.1. The summed E-state index contributed by atoms with van der Waals surface area (Å²) in [7, 11) is 1.62. The molecule has 1 fully saturated rings. The van der Waals surface area contributed by atoms with Gasteiger partial charge in [0.25, 0.3) is 0 Å². The molecular formula is C30H37N7O3. The maximum Gasteiger partial charge on any atom is 0.212 e. The lowest BCUT2D eigenvalue weighted by Gasteiger charge is -2.35. The number of hydrogen-bond donors (Lipinski definition) is 1. The number of ether oxygens (including phenoxy) is 2. The molecular weight excluding hydrogens is 506 g/mol. The second kappa shape index (κ2) is 12.8. The number of methoxy groups -OCH3 is 1. The zero-order valence-corrected chi connectivity index (χ0v) is 23.8. The molecule has 1 N–H and O–H groups in total. The third-order valence-electron chi connectivity index (χ3n) is 6.47. The fraction of sp³-hybridized carbons (Fsp3) is 0.400. The van der Waals surface area contributed by atoms with Crippen LogP contribution in [0, 0.1) is 11.3 Å². The lowest BCUT2D eigenvalue weighted by atomic mass is 10.1. The first-order chi connectivity index (χ1) is 19.3. The van der Waals surface area contributed by atoms with Gasteiger partial charge >= 0.3 is 0 Å². The summed E-state index contributed by atoms with van der Waals surface area (Å²) in [5, 5.41) is 24.0. The molecule has 40 heavy (non-hydrogen) atoms. The van der Waals surface area contributed by atoms with E-state index in [1.165, 1.54) is 5.56 Å². The van der Waals surface area contributed by atoms with Gasteiger partial charge in [-0.05, 0) is 37.6 Å². The number of fused-ring (bicyclic) bond motifs is 1. The Morgan fingerprint density at radius 3 is 2.40 bits per heavy atom. The van der Waals surface area contributed by atoms with Crippen molar-refractivity contribution >= 4 is 11.3 Å². The predicted octanol–water partition coefficient (Wildman–Crippen LogP) is 4.17. The quantitative estimate of drug-likeness (QED) is 0.350. The van der Waals surface area contributed by atoms with Crippen LogP contribution in [0.3, 0.4) is 0 Å². The molecule has 4 aromatic rings. The minimum Gasteiger partial charge on any atom is -0.489 e. The van der Waals surface area contributed by atoms with E-state index in [4.69, 9.17) is 14.5 Å². The van der Waals surface area contributed by atoms with Crippen molar-refractivity contribution in [2.75, 3.05) is 44.8 Å². The number of anilines is 1. The van der Waals surface area contributed by atoms with E-state index in [1.54, 1.807) is 37.9 Å². The van der Waals surface area contributed by atoms with Crippen molar-refractivity contribution in [2.24, 2.45) is 0 Å². The molecule has 10 heteroatoms. The number of nitriles is 1. The summed E-state index contributed by atoms with van der Waals surface area (Å²) < 4.78 is 12.6. The normalized spacial score (nSPS) is 13.9. The fourth-order valence-corrected chi connectivity index (χ4v) is 4.49. The minimum absolute atomic E-state index is 0.127. The first-order valence-electron chi connectivity index (χ1n) is 13.5. The van der Waals surface area contributed by atoms with E-state index in [2.05, 4.69) is 32.0 Å². The second-order valence-electron chi connectivity index (χ2n) is 10.0. The van der Waals surface area contributed by atoms with Crippen LogP contribution >= 0.6 is 0 Å². The van der Waals surface area contributed by atoms with Crippen molar-refractivity contribution in [1.29, 1.82) is 5.26 Å². The standard InChI is InChI=1S/C28H31N7O3.C2H6/c1-28(2,36)19-38-23-12-24(27-22(13-29)16-32-35(27)18-23)21-5-6-25(30-15-21)34-10-8-33(9-11-34)17-20-4-7-26(37-3)31-14-20;1-2/h4-7,12,14-16,18,36H,8-11,17,19H2,1-3H3;1-2H3. The molecule has 0 spiro atoms. The molecule has 1 aliphatic heterocycles. The topological polar surface area (TPSA) is 112 Å². The molecule has 0 aromatic carbocycles. The summed E-state index contributed by atoms with van der Waals surface area (Å²) in [6.07, 6.45) is 6.95. The number of aromatic nitrogens is 4. The highest BCUT2D eigenvalue weighted by Crippen LogP contribution is 2.31. The zero-order valence-electron chi connectivity index (χ0n) is 23.8. The van der Waals surface area contributed by atoms with Gasteiger partial charge in [0, 0.05) is 62.3 Å². The van der Waals surface area contributed by atoms with Crippen LogP contribution in [0.5, 0.6) is 11.6 Å². The predicted molar refractivity (Wildman–Crippen MR) is 155 cm³/mol. The van der Waals surface area contributed by atoms with E-state index in [9.17, 15) is 10.4 Å². The van der Waals surface area contributed by atoms with Gasteiger partial charge < -0.3 is 19.5 Å². The molecule has 0 unspecified atom stereocenters. The molecule has 0 atom stereocenters. The first-order valence-corrected chi connectivity index (χ1v) is 13.5. The molecule has 0 aliphatic carbocycles. The molecule has 5 rings (SSSR count). The molecule has 0 saturated carbocycles. The number of rotatable bonds is 8. The minimum atomic E-state index is -0.976. The van der Waals surface area contributed by atoms with Gasteiger partial charge in [-0.1, -0.05) is 19.9 Å². The van der Waals surface area contributed by atoms with Gasteiger partial charge in [0.2, 0.25) is 5.88 Å². The van der Waals surface area contributed by atoms with Gasteiger partial charge in [-0.25, -0.2) is 14.5 Å². The number of piperazine rings is 1. The van der Waals surface area contributed by atoms with Gasteiger partial charge in [-0.15, -0.1) is 0 Å². The summed E-state index contributed by atoms with van der Waals surface area (Å²) in [6, 6.07) is 12.1. The highest BCUT2D eigenvalue weighted by molar-refractivity contribution is 5.85. The Hall–Kier alpha value is -4.20. The van der Waals surface area contributed by atoms with Crippen molar-refractivity contribution in [3.63, 3.8) is 0 Å². The highest BCUT2D eigenvalue weighted by Gasteiger charge is 2.20. The third-order valence-corrected chi connectivity index (χ3v) is 6.47. The zero-order chi connectivity index (χ0) is 28.7. The van der Waals surface area contributed by atoms with Crippen LogP contribution in [0.4, 0.5) is 5.82 Å². The summed E-state index contributed by atoms with van der Waals surface area (Å²) in [5.41, 5.74) is 3.01. The largest absolute Gasteiger partial charge is 0.489 e. The van der Waals surface area contributed by atoms with Crippen LogP contribution in [0.1, 0.15) is 38.8 Å². The Bertz CT molecular complexity index is 1430. The van der Waals surface area contributed by atoms with Crippen LogP contribution in [-0.2, 0) is 6.54 Å². The molecule has 210 valence electrons. The smallest absolute Gasteiger partial charge is 0.212 e. The lowest BCUT2D eigenvalue weighted by molar-refractivity contribution is 0.0283. The van der Waals surface area contributed by atoms with E-state index in [0.29, 0.717) is 22.7 Å². The number of aliphatic hydroxyl groups is 1. The fourth-order valence-electron chi connectivity index (χ4n) is 4.49. The number of nitrogens with zero attached hydrogens (tertiary/aromatic N) is 7. The monoisotopic (exact) mass is 543 g/mol. The highest BCUT2D eigenvalue weighted by atomic mass is 16.5. The average Bonchev–Trinajstić information content (AvgIpc) is 3.40. The van der Waals surface area contributed by atoms with Crippen LogP contribution in [0.25, 0.3) is 16.6 Å². The van der Waals surface area contributed by atoms with Gasteiger partial charge in [0.05, 0.1) is 36.2 Å². The molecule has 1 saturated heterocycles. The van der Waals surface area contributed by atoms with Crippen molar-refractivity contribution < 1.29 is 14.6 Å². The van der Waals surface area contributed by atoms with Gasteiger partial charge in [-0.2, -0.15) is 10.4 Å². The van der Waals surface area contributed by atoms with E-state index < -0.39 is 5.60 Å². The van der Waals surface area contributed by atoms with Crippen LogP contribution in [-0.4, -0.2) is 75.1 Å². The van der Waals surface area contributed by atoms with Crippen LogP contribution < -0.4 is 14.4 Å². The second-order valence-corrected chi connectivity index (χ2v) is 10.0. The molecule has 4 aromatic heterocycles. The van der Waals surface area contributed by atoms with Crippen LogP contribution in [0.15, 0.2) is 55.1 Å². The van der Waals surface area contributed by atoms with Gasteiger partial charge in [0.15, 0.2) is 0 Å². The van der Waals surface area contributed by atoms with Crippen molar-refractivity contribution in [2.45, 2.75) is 39.8 Å². The first kappa shape index (κ1) is 28.8. The molecule has 0 bridgehead atoms. The van der Waals surface area contributed by atoms with E-state index in [-0.39, 0.29) is 6.61 Å². The van der Waals surface area contributed by atoms with E-state index in [0.717, 1.165) is 49.7 Å². The molecule has 5 heterocycles. The molecule has 0 amide bonds. The molecule has 10 nitrogen and oxygen atoms in total. The summed E-state index contributed by atoms with van der Waals surface area (Å²) >= 11 is 0. The SMILES string of the molecule is CC.COc1ccc(CN2CCN(c3ccc(-c4cc(OCC(C)(C)O)cn5ncc(C#N)c45)cn3)CC2)cn1. The van der Waals surface area contributed by atoms with Crippen molar-refractivity contribution in [3.05, 3.63) is 66.2 Å². The Morgan fingerprint density at radius 2 is 1.80 bits per heavy atom. The lowest BCUT2D eigenvalue weighted by Crippen LogP contribution is -2.46. The summed E-state index contributed by atoms with van der Waals surface area (Å²) in [4.78, 5) is 13.8. The maximum absolute atomic E-state index is 10.1. The number of hydrogen-bond acceptors (Lipinski definition) is 9. The Balaban J connectivity index is 0.00000181. The Kier molecular flexibility index (Phi) is 9.19. The summed E-state index contributed by atoms with van der Waals surface area (Å²) in [5.74, 6) is 2.09. The number of pyridine rings is 3. The summed E-state index contributed by atoms with van der Waals surface area (Å²) in [6.45, 7) is 12.0. The van der Waals surface area contributed by atoms with Crippen molar-refractivity contribution in [3.8, 4) is 28.8 Å². The van der Waals surface area contributed by atoms with Crippen LogP contribution in [0.2, 0.25) is 0 Å². The Labute approximate surface area is 235 Å². The molecule has 1 aliphatic rings. The van der Waals surface area contributed by atoms with Crippen molar-refractivity contribution in [1.82, 2.24) is 24.5 Å². The third kappa shape index (κ3) is 6.86. The van der Waals surface area contributed by atoms with Gasteiger partial charge in [0.1, 0.15) is 24.2 Å². The Morgan fingerprint density at radius 1 is 1.02 bits per heavy atom. The average molecular weight is 544 g/mol. The van der Waals surface area contributed by atoms with E-state index >= 15 is 0 Å². The van der Waals surface area contributed by atoms with E-state index in [1.807, 2.05) is 50.5 Å².